The molecule has 1 aliphatic heterocycles. The molecular weight excluding hydrogens is 296 g/mol. The number of hydrogen-bond acceptors (Lipinski definition) is 4. The van der Waals surface area contributed by atoms with E-state index in [1.807, 2.05) is 0 Å². The fourth-order valence-corrected chi connectivity index (χ4v) is 2.58. The third-order valence-electron chi connectivity index (χ3n) is 3.89. The summed E-state index contributed by atoms with van der Waals surface area (Å²) in [6.45, 7) is 3.78. The van der Waals surface area contributed by atoms with Crippen LogP contribution in [0.25, 0.3) is 0 Å². The van der Waals surface area contributed by atoms with Gasteiger partial charge >= 0.3 is 0 Å². The second kappa shape index (κ2) is 8.53. The van der Waals surface area contributed by atoms with Crippen molar-refractivity contribution >= 4 is 11.8 Å². The van der Waals surface area contributed by atoms with E-state index in [4.69, 9.17) is 9.47 Å². The van der Waals surface area contributed by atoms with E-state index in [2.05, 4.69) is 5.32 Å². The fraction of sp³-hybridized carbons (Fsp3) is 0.529. The van der Waals surface area contributed by atoms with Gasteiger partial charge < -0.3 is 19.7 Å². The summed E-state index contributed by atoms with van der Waals surface area (Å²) in [5.74, 6) is 0.460. The van der Waals surface area contributed by atoms with Gasteiger partial charge in [0.25, 0.3) is 5.91 Å². The number of methoxy groups -OCH3 is 1. The Morgan fingerprint density at radius 2 is 2.26 bits per heavy atom. The summed E-state index contributed by atoms with van der Waals surface area (Å²) < 4.78 is 10.7. The number of ether oxygens (including phenoxy) is 2. The van der Waals surface area contributed by atoms with Crippen LogP contribution in [0.15, 0.2) is 24.3 Å². The Kier molecular flexibility index (Phi) is 6.40. The van der Waals surface area contributed by atoms with Crippen molar-refractivity contribution in [3.8, 4) is 5.75 Å². The number of hydrogen-bond donors (Lipinski definition) is 1. The van der Waals surface area contributed by atoms with Crippen LogP contribution >= 0.6 is 0 Å². The highest BCUT2D eigenvalue weighted by Crippen LogP contribution is 2.14. The summed E-state index contributed by atoms with van der Waals surface area (Å²) >= 11 is 0. The lowest BCUT2D eigenvalue weighted by Crippen LogP contribution is -2.41. The van der Waals surface area contributed by atoms with Crippen LogP contribution in [-0.4, -0.2) is 56.2 Å². The first-order valence-electron chi connectivity index (χ1n) is 7.89. The molecule has 0 saturated carbocycles. The van der Waals surface area contributed by atoms with E-state index in [0.29, 0.717) is 30.9 Å². The van der Waals surface area contributed by atoms with Crippen LogP contribution in [0.3, 0.4) is 0 Å². The number of nitrogens with zero attached hydrogens (tertiary/aromatic N) is 1. The maximum absolute atomic E-state index is 12.1. The van der Waals surface area contributed by atoms with Gasteiger partial charge in [0, 0.05) is 38.7 Å². The lowest BCUT2D eigenvalue weighted by molar-refractivity contribution is -0.130. The van der Waals surface area contributed by atoms with Crippen LogP contribution in [0.1, 0.15) is 30.1 Å². The van der Waals surface area contributed by atoms with Gasteiger partial charge in [0.05, 0.1) is 13.2 Å². The van der Waals surface area contributed by atoms with E-state index in [-0.39, 0.29) is 17.9 Å². The Morgan fingerprint density at radius 3 is 2.91 bits per heavy atom. The highest BCUT2D eigenvalue weighted by molar-refractivity contribution is 5.94. The Labute approximate surface area is 136 Å². The van der Waals surface area contributed by atoms with Gasteiger partial charge in [-0.25, -0.2) is 0 Å². The van der Waals surface area contributed by atoms with E-state index < -0.39 is 0 Å². The molecule has 1 heterocycles. The third kappa shape index (κ3) is 5.25. The molecule has 0 aliphatic carbocycles. The van der Waals surface area contributed by atoms with Crippen LogP contribution in [-0.2, 0) is 9.53 Å². The van der Waals surface area contributed by atoms with E-state index >= 15 is 0 Å². The molecular formula is C17H24N2O4. The maximum Gasteiger partial charge on any atom is 0.251 e. The number of benzene rings is 1. The number of carbonyl (C=O) groups excluding carboxylic acids is 2. The van der Waals surface area contributed by atoms with Crippen LogP contribution < -0.4 is 10.1 Å². The Bertz CT molecular complexity index is 541. The summed E-state index contributed by atoms with van der Waals surface area (Å²) in [6, 6.07) is 6.97. The summed E-state index contributed by atoms with van der Waals surface area (Å²) in [7, 11) is 1.56. The highest BCUT2D eigenvalue weighted by atomic mass is 16.5. The molecule has 1 unspecified atom stereocenters. The van der Waals surface area contributed by atoms with Gasteiger partial charge in [0.2, 0.25) is 5.91 Å². The molecule has 1 aromatic rings. The minimum atomic E-state index is -0.176. The monoisotopic (exact) mass is 320 g/mol. The van der Waals surface area contributed by atoms with Gasteiger partial charge in [0.15, 0.2) is 0 Å². The molecule has 1 aromatic carbocycles. The smallest absolute Gasteiger partial charge is 0.251 e. The van der Waals surface area contributed by atoms with Crippen molar-refractivity contribution in [3.05, 3.63) is 29.8 Å². The molecule has 1 fully saturated rings. The molecule has 6 nitrogen and oxygen atoms in total. The summed E-state index contributed by atoms with van der Waals surface area (Å²) in [4.78, 5) is 25.5. The Morgan fingerprint density at radius 1 is 1.43 bits per heavy atom. The van der Waals surface area contributed by atoms with Crippen molar-refractivity contribution in [1.82, 2.24) is 10.2 Å². The molecule has 126 valence electrons. The van der Waals surface area contributed by atoms with Gasteiger partial charge in [-0.15, -0.1) is 0 Å². The number of amides is 2. The number of nitrogens with one attached hydrogen (secondary N) is 1. The second-order valence-corrected chi connectivity index (χ2v) is 5.59. The fourth-order valence-electron chi connectivity index (χ4n) is 2.58. The molecule has 0 spiro atoms. The minimum absolute atomic E-state index is 0.00358. The average molecular weight is 320 g/mol. The van der Waals surface area contributed by atoms with Gasteiger partial charge in [0.1, 0.15) is 5.75 Å². The van der Waals surface area contributed by atoms with Crippen LogP contribution in [0.4, 0.5) is 0 Å². The summed E-state index contributed by atoms with van der Waals surface area (Å²) in [5.41, 5.74) is 0.540. The third-order valence-corrected chi connectivity index (χ3v) is 3.89. The molecule has 2 rings (SSSR count). The highest BCUT2D eigenvalue weighted by Gasteiger charge is 2.20. The standard InChI is InChI=1S/C17H24N2O4/c1-13(20)19(12-16-7-4-10-23-16)9-8-18-17(21)14-5-3-6-15(11-14)22-2/h3,5-6,11,16H,4,7-10,12H2,1-2H3,(H,18,21). The van der Waals surface area contributed by atoms with Crippen LogP contribution in [0, 0.1) is 0 Å². The predicted molar refractivity (Wildman–Crippen MR) is 86.6 cm³/mol. The van der Waals surface area contributed by atoms with E-state index in [0.717, 1.165) is 19.4 Å². The van der Waals surface area contributed by atoms with Gasteiger partial charge in [-0.3, -0.25) is 9.59 Å². The Hall–Kier alpha value is -2.08. The van der Waals surface area contributed by atoms with Gasteiger partial charge in [-0.05, 0) is 31.0 Å². The van der Waals surface area contributed by atoms with E-state index in [1.54, 1.807) is 43.2 Å². The summed E-state index contributed by atoms with van der Waals surface area (Å²) in [6.07, 6.45) is 2.15. The van der Waals surface area contributed by atoms with Crippen molar-refractivity contribution in [3.63, 3.8) is 0 Å². The normalized spacial score (nSPS) is 16.9. The van der Waals surface area contributed by atoms with Crippen molar-refractivity contribution in [1.29, 1.82) is 0 Å². The molecule has 2 amide bonds. The zero-order valence-corrected chi connectivity index (χ0v) is 13.7. The molecule has 0 bridgehead atoms. The topological polar surface area (TPSA) is 67.9 Å². The van der Waals surface area contributed by atoms with Gasteiger partial charge in [-0.1, -0.05) is 6.07 Å². The molecule has 1 aliphatic rings. The van der Waals surface area contributed by atoms with Crippen molar-refractivity contribution < 1.29 is 19.1 Å². The maximum atomic E-state index is 12.1. The minimum Gasteiger partial charge on any atom is -0.497 e. The molecule has 1 atom stereocenters. The second-order valence-electron chi connectivity index (χ2n) is 5.59. The first-order valence-corrected chi connectivity index (χ1v) is 7.89. The van der Waals surface area contributed by atoms with Crippen LogP contribution in [0.2, 0.25) is 0 Å². The molecule has 23 heavy (non-hydrogen) atoms. The quantitative estimate of drug-likeness (QED) is 0.826. The zero-order chi connectivity index (χ0) is 16.7. The summed E-state index contributed by atoms with van der Waals surface area (Å²) in [5, 5.41) is 2.83. The van der Waals surface area contributed by atoms with E-state index in [1.165, 1.54) is 0 Å². The van der Waals surface area contributed by atoms with Crippen molar-refractivity contribution in [2.24, 2.45) is 0 Å². The molecule has 1 saturated heterocycles. The lowest BCUT2D eigenvalue weighted by Gasteiger charge is -2.24. The van der Waals surface area contributed by atoms with Crippen molar-refractivity contribution in [2.45, 2.75) is 25.9 Å². The molecule has 0 radical (unpaired) electrons. The first kappa shape index (κ1) is 17.3. The average Bonchev–Trinajstić information content (AvgIpc) is 3.06. The first-order chi connectivity index (χ1) is 11.1. The predicted octanol–water partition coefficient (Wildman–Crippen LogP) is 1.45. The number of carbonyl (C=O) groups is 2. The van der Waals surface area contributed by atoms with E-state index in [9.17, 15) is 9.59 Å². The lowest BCUT2D eigenvalue weighted by atomic mass is 10.2. The zero-order valence-electron chi connectivity index (χ0n) is 13.7. The number of rotatable bonds is 7. The molecule has 6 heteroatoms. The van der Waals surface area contributed by atoms with Gasteiger partial charge in [-0.2, -0.15) is 0 Å². The van der Waals surface area contributed by atoms with Crippen molar-refractivity contribution in [2.75, 3.05) is 33.4 Å². The molecule has 0 aromatic heterocycles. The van der Waals surface area contributed by atoms with Crippen LogP contribution in [0.5, 0.6) is 5.75 Å². The molecule has 1 N–H and O–H groups in total. The SMILES string of the molecule is COc1cccc(C(=O)NCCN(CC2CCCO2)C(C)=O)c1. The largest absolute Gasteiger partial charge is 0.497 e. The Balaban J connectivity index is 1.81.